The Hall–Kier alpha value is -0.0400. The summed E-state index contributed by atoms with van der Waals surface area (Å²) in [6.45, 7) is 1.53. The fraction of sp³-hybridized carbons (Fsp3) is 0.111. The maximum Gasteiger partial charge on any atom is 0.178 e. The Morgan fingerprint density at radius 1 is 1.47 bits per heavy atom. The number of carbonyl (C=O) groups is 1. The monoisotopic (exact) mass is 365 g/mol. The average molecular weight is 367 g/mol. The Morgan fingerprint density at radius 2 is 2.20 bits per heavy atom. The second-order valence-electron chi connectivity index (χ2n) is 2.83. The van der Waals surface area contributed by atoms with Gasteiger partial charge in [0.05, 0.1) is 8.66 Å². The van der Waals surface area contributed by atoms with Crippen molar-refractivity contribution >= 4 is 60.3 Å². The molecule has 2 heterocycles. The second-order valence-corrected chi connectivity index (χ2v) is 6.91. The van der Waals surface area contributed by atoms with Crippen LogP contribution in [0.3, 0.4) is 0 Å². The van der Waals surface area contributed by atoms with Crippen molar-refractivity contribution < 1.29 is 4.79 Å². The van der Waals surface area contributed by atoms with Gasteiger partial charge in [0, 0.05) is 16.8 Å². The zero-order valence-corrected chi connectivity index (χ0v) is 12.4. The molecular formula is C9H5Br2NOS2. The molecule has 0 bridgehead atoms. The van der Waals surface area contributed by atoms with Gasteiger partial charge in [-0.2, -0.15) is 0 Å². The smallest absolute Gasteiger partial charge is 0.178 e. The first-order valence-electron chi connectivity index (χ1n) is 3.99. The van der Waals surface area contributed by atoms with E-state index in [0.717, 1.165) is 18.1 Å². The number of hydrogen-bond acceptors (Lipinski definition) is 4. The summed E-state index contributed by atoms with van der Waals surface area (Å²) >= 11 is 9.94. The number of aromatic nitrogens is 1. The van der Waals surface area contributed by atoms with Gasteiger partial charge in [-0.15, -0.1) is 22.7 Å². The van der Waals surface area contributed by atoms with Gasteiger partial charge in [0.2, 0.25) is 0 Å². The maximum atomic E-state index is 11.1. The van der Waals surface area contributed by atoms with Gasteiger partial charge in [-0.3, -0.25) is 4.79 Å². The fourth-order valence-electron chi connectivity index (χ4n) is 1.00. The molecule has 0 saturated heterocycles. The average Bonchev–Trinajstić information content (AvgIpc) is 2.74. The van der Waals surface area contributed by atoms with E-state index in [1.54, 1.807) is 16.7 Å². The van der Waals surface area contributed by atoms with Crippen LogP contribution in [0.2, 0.25) is 0 Å². The molecule has 2 rings (SSSR count). The molecule has 0 aliphatic carbocycles. The Kier molecular flexibility index (Phi) is 3.39. The van der Waals surface area contributed by atoms with E-state index < -0.39 is 0 Å². The number of thiophene rings is 1. The normalized spacial score (nSPS) is 10.6. The maximum absolute atomic E-state index is 11.1. The summed E-state index contributed by atoms with van der Waals surface area (Å²) in [5.74, 6) is 0.00666. The molecule has 0 unspecified atom stereocenters. The van der Waals surface area contributed by atoms with Gasteiger partial charge in [0.15, 0.2) is 5.78 Å². The Labute approximate surface area is 112 Å². The number of thiazole rings is 1. The Bertz CT molecular complexity index is 498. The summed E-state index contributed by atoms with van der Waals surface area (Å²) in [5.41, 5.74) is 0.538. The van der Waals surface area contributed by atoms with Crippen molar-refractivity contribution in [2.75, 3.05) is 0 Å². The van der Waals surface area contributed by atoms with E-state index in [0.29, 0.717) is 5.69 Å². The van der Waals surface area contributed by atoms with Gasteiger partial charge in [0.25, 0.3) is 0 Å². The minimum Gasteiger partial charge on any atom is -0.293 e. The van der Waals surface area contributed by atoms with Crippen LogP contribution in [-0.2, 0) is 0 Å². The van der Waals surface area contributed by atoms with Crippen molar-refractivity contribution in [3.8, 4) is 9.88 Å². The van der Waals surface area contributed by atoms with Crippen molar-refractivity contribution in [2.24, 2.45) is 0 Å². The molecule has 2 nitrogen and oxygen atoms in total. The number of Topliss-reactive ketones (excluding diaryl/α,β-unsaturated/α-hetero) is 1. The predicted octanol–water partition coefficient (Wildman–Crippen LogP) is 4.60. The first-order valence-corrected chi connectivity index (χ1v) is 7.28. The molecule has 0 saturated carbocycles. The van der Waals surface area contributed by atoms with Crippen molar-refractivity contribution in [2.45, 2.75) is 6.92 Å². The van der Waals surface area contributed by atoms with Gasteiger partial charge in [-0.25, -0.2) is 4.98 Å². The van der Waals surface area contributed by atoms with E-state index in [1.807, 2.05) is 6.07 Å². The van der Waals surface area contributed by atoms with Crippen LogP contribution in [-0.4, -0.2) is 10.8 Å². The van der Waals surface area contributed by atoms with E-state index in [-0.39, 0.29) is 5.78 Å². The van der Waals surface area contributed by atoms with Crippen molar-refractivity contribution in [1.82, 2.24) is 4.98 Å². The van der Waals surface area contributed by atoms with Crippen LogP contribution in [0.5, 0.6) is 0 Å². The molecule has 6 heteroatoms. The molecule has 0 aromatic carbocycles. The fourth-order valence-corrected chi connectivity index (χ4v) is 3.96. The highest BCUT2D eigenvalue weighted by Gasteiger charge is 2.11. The number of nitrogens with zero attached hydrogens (tertiary/aromatic N) is 1. The summed E-state index contributed by atoms with van der Waals surface area (Å²) in [6.07, 6.45) is 0. The van der Waals surface area contributed by atoms with E-state index in [1.165, 1.54) is 18.3 Å². The van der Waals surface area contributed by atoms with Crippen LogP contribution < -0.4 is 0 Å². The van der Waals surface area contributed by atoms with E-state index in [2.05, 4.69) is 36.8 Å². The van der Waals surface area contributed by atoms with Crippen molar-refractivity contribution in [3.05, 3.63) is 25.4 Å². The van der Waals surface area contributed by atoms with Gasteiger partial charge in [-0.05, 0) is 37.9 Å². The largest absolute Gasteiger partial charge is 0.293 e. The minimum atomic E-state index is 0.00666. The number of rotatable bonds is 2. The summed E-state index contributed by atoms with van der Waals surface area (Å²) in [4.78, 5) is 16.4. The molecule has 78 valence electrons. The summed E-state index contributed by atoms with van der Waals surface area (Å²) in [6, 6.07) is 2.00. The second kappa shape index (κ2) is 4.45. The van der Waals surface area contributed by atoms with Crippen LogP contribution >= 0.6 is 54.5 Å². The molecule has 0 aliphatic rings. The molecule has 0 radical (unpaired) electrons. The molecule has 0 N–H and O–H groups in total. The summed E-state index contributed by atoms with van der Waals surface area (Å²) < 4.78 is 2.05. The Morgan fingerprint density at radius 3 is 2.67 bits per heavy atom. The van der Waals surface area contributed by atoms with E-state index in [4.69, 9.17) is 0 Å². The highest BCUT2D eigenvalue weighted by atomic mass is 79.9. The van der Waals surface area contributed by atoms with Gasteiger partial charge in [-0.1, -0.05) is 0 Å². The highest BCUT2D eigenvalue weighted by molar-refractivity contribution is 9.13. The molecule has 2 aromatic rings. The SMILES string of the molecule is CC(=O)c1csc(-c2cc(Br)c(Br)s2)n1. The topological polar surface area (TPSA) is 30.0 Å². The molecule has 2 aromatic heterocycles. The van der Waals surface area contributed by atoms with Crippen LogP contribution in [0.4, 0.5) is 0 Å². The van der Waals surface area contributed by atoms with Gasteiger partial charge < -0.3 is 0 Å². The molecule has 0 spiro atoms. The lowest BCUT2D eigenvalue weighted by molar-refractivity contribution is 0.101. The third-order valence-corrected chi connectivity index (χ3v) is 5.99. The number of hydrogen-bond donors (Lipinski definition) is 0. The molecule has 0 fully saturated rings. The number of ketones is 1. The summed E-state index contributed by atoms with van der Waals surface area (Å²) in [5, 5.41) is 2.68. The predicted molar refractivity (Wildman–Crippen MR) is 70.8 cm³/mol. The lowest BCUT2D eigenvalue weighted by Gasteiger charge is -1.86. The molecule has 0 aliphatic heterocycles. The molecule has 15 heavy (non-hydrogen) atoms. The molecular weight excluding hydrogens is 362 g/mol. The first-order chi connectivity index (χ1) is 7.08. The Balaban J connectivity index is 2.41. The summed E-state index contributed by atoms with van der Waals surface area (Å²) in [7, 11) is 0. The molecule has 0 atom stereocenters. The van der Waals surface area contributed by atoms with E-state index >= 15 is 0 Å². The lowest BCUT2D eigenvalue weighted by Crippen LogP contribution is -1.90. The minimum absolute atomic E-state index is 0.00666. The first kappa shape index (κ1) is 11.4. The molecule has 0 amide bonds. The highest BCUT2D eigenvalue weighted by Crippen LogP contribution is 2.39. The number of carbonyl (C=O) groups excluding carboxylic acids is 1. The zero-order chi connectivity index (χ0) is 11.0. The van der Waals surface area contributed by atoms with Gasteiger partial charge >= 0.3 is 0 Å². The van der Waals surface area contributed by atoms with Crippen molar-refractivity contribution in [3.63, 3.8) is 0 Å². The quantitative estimate of drug-likeness (QED) is 0.727. The standard InChI is InChI=1S/C9H5Br2NOS2/c1-4(13)6-3-14-9(12-6)7-2-5(10)8(11)15-7/h2-3H,1H3. The van der Waals surface area contributed by atoms with Crippen LogP contribution in [0.1, 0.15) is 17.4 Å². The number of halogens is 2. The van der Waals surface area contributed by atoms with Crippen LogP contribution in [0.15, 0.2) is 19.7 Å². The van der Waals surface area contributed by atoms with Crippen LogP contribution in [0.25, 0.3) is 9.88 Å². The third kappa shape index (κ3) is 2.38. The lowest BCUT2D eigenvalue weighted by atomic mass is 10.3. The van der Waals surface area contributed by atoms with Crippen molar-refractivity contribution in [1.29, 1.82) is 0 Å². The van der Waals surface area contributed by atoms with Gasteiger partial charge in [0.1, 0.15) is 10.7 Å². The van der Waals surface area contributed by atoms with Crippen LogP contribution in [0, 0.1) is 0 Å². The third-order valence-electron chi connectivity index (χ3n) is 1.72. The van der Waals surface area contributed by atoms with E-state index in [9.17, 15) is 4.79 Å². The zero-order valence-electron chi connectivity index (χ0n) is 7.58.